The highest BCUT2D eigenvalue weighted by atomic mass is 19.1. The fourth-order valence-corrected chi connectivity index (χ4v) is 3.74. The average molecular weight is 276 g/mol. The van der Waals surface area contributed by atoms with E-state index >= 15 is 0 Å². The van der Waals surface area contributed by atoms with Crippen LogP contribution in [0.3, 0.4) is 0 Å². The zero-order valence-electron chi connectivity index (χ0n) is 12.2. The molecule has 108 valence electrons. The lowest BCUT2D eigenvalue weighted by Crippen LogP contribution is -2.42. The number of Topliss-reactive ketones (excluding diaryl/α,β-unsaturated/α-hetero) is 1. The van der Waals surface area contributed by atoms with Crippen LogP contribution < -0.4 is 0 Å². The van der Waals surface area contributed by atoms with Gasteiger partial charge in [-0.05, 0) is 33.6 Å². The summed E-state index contributed by atoms with van der Waals surface area (Å²) in [5, 5.41) is 0. The number of rotatable bonds is 3. The highest BCUT2D eigenvalue weighted by molar-refractivity contribution is 5.98. The lowest BCUT2D eigenvalue weighted by atomic mass is 9.66. The monoisotopic (exact) mass is 276 g/mol. The van der Waals surface area contributed by atoms with Gasteiger partial charge in [-0.3, -0.25) is 4.79 Å². The van der Waals surface area contributed by atoms with Crippen molar-refractivity contribution in [3.05, 3.63) is 35.9 Å². The molecule has 2 nitrogen and oxygen atoms in total. The molecule has 0 aromatic heterocycles. The van der Waals surface area contributed by atoms with E-state index in [1.54, 1.807) is 6.92 Å². The number of halogens is 1. The van der Waals surface area contributed by atoms with Gasteiger partial charge in [0.25, 0.3) is 0 Å². The minimum Gasteiger partial charge on any atom is -0.363 e. The maximum absolute atomic E-state index is 14.0. The number of alkyl halides is 1. The Labute approximate surface area is 119 Å². The molecule has 0 spiro atoms. The van der Waals surface area contributed by atoms with Crippen LogP contribution in [0.4, 0.5) is 4.39 Å². The van der Waals surface area contributed by atoms with Gasteiger partial charge < -0.3 is 4.74 Å². The van der Waals surface area contributed by atoms with Crippen LogP contribution in [-0.2, 0) is 4.74 Å². The van der Waals surface area contributed by atoms with Gasteiger partial charge in [0.15, 0.2) is 5.78 Å². The third-order valence-corrected chi connectivity index (χ3v) is 5.26. The molecule has 1 aliphatic carbocycles. The molecule has 1 aromatic carbocycles. The van der Waals surface area contributed by atoms with Crippen LogP contribution in [0.15, 0.2) is 30.3 Å². The van der Waals surface area contributed by atoms with Crippen molar-refractivity contribution in [2.45, 2.75) is 51.0 Å². The molecule has 0 radical (unpaired) electrons. The molecular formula is C17H21FO2. The maximum atomic E-state index is 14.0. The van der Waals surface area contributed by atoms with Gasteiger partial charge >= 0.3 is 0 Å². The van der Waals surface area contributed by atoms with Crippen LogP contribution in [0, 0.1) is 11.8 Å². The van der Waals surface area contributed by atoms with Gasteiger partial charge in [0.05, 0.1) is 11.2 Å². The van der Waals surface area contributed by atoms with E-state index in [9.17, 15) is 9.18 Å². The minimum absolute atomic E-state index is 0.0545. The van der Waals surface area contributed by atoms with Crippen molar-refractivity contribution in [3.8, 4) is 0 Å². The van der Waals surface area contributed by atoms with Crippen molar-refractivity contribution < 1.29 is 13.9 Å². The van der Waals surface area contributed by atoms with E-state index in [2.05, 4.69) is 0 Å². The normalized spacial score (nSPS) is 40.8. The lowest BCUT2D eigenvalue weighted by molar-refractivity contribution is 0.0679. The third kappa shape index (κ3) is 1.99. The number of carbonyl (C=O) groups is 1. The van der Waals surface area contributed by atoms with Crippen molar-refractivity contribution in [1.82, 2.24) is 0 Å². The first kappa shape index (κ1) is 13.7. The molecular weight excluding hydrogens is 255 g/mol. The number of epoxide rings is 1. The van der Waals surface area contributed by atoms with Gasteiger partial charge in [-0.1, -0.05) is 30.3 Å². The number of ketones is 1. The number of hydrogen-bond donors (Lipinski definition) is 0. The summed E-state index contributed by atoms with van der Waals surface area (Å²) in [4.78, 5) is 12.7. The van der Waals surface area contributed by atoms with Crippen molar-refractivity contribution in [1.29, 1.82) is 0 Å². The standard InChI is InChI=1S/C17H21FO2/c1-11(18)13-9-16(2)17(3,20-16)10-14(13)15(19)12-7-5-4-6-8-12/h4-8,11,13-14H,9-10H2,1-3H3/t11-,13-,14+,16-,17+/m1/s1. The quantitative estimate of drug-likeness (QED) is 0.621. The molecule has 3 heteroatoms. The van der Waals surface area contributed by atoms with E-state index in [1.165, 1.54) is 0 Å². The van der Waals surface area contributed by atoms with Crippen LogP contribution in [0.25, 0.3) is 0 Å². The number of benzene rings is 1. The number of fused-ring (bicyclic) bond motifs is 1. The van der Waals surface area contributed by atoms with Crippen LogP contribution in [0.1, 0.15) is 44.0 Å². The predicted molar refractivity (Wildman–Crippen MR) is 75.5 cm³/mol. The Morgan fingerprint density at radius 1 is 1.25 bits per heavy atom. The molecule has 1 saturated carbocycles. The predicted octanol–water partition coefficient (Wildman–Crippen LogP) is 3.80. The number of ether oxygens (including phenoxy) is 1. The summed E-state index contributed by atoms with van der Waals surface area (Å²) in [7, 11) is 0. The molecule has 0 unspecified atom stereocenters. The maximum Gasteiger partial charge on any atom is 0.166 e. The average Bonchev–Trinajstić information content (AvgIpc) is 2.99. The van der Waals surface area contributed by atoms with Gasteiger partial charge in [-0.2, -0.15) is 0 Å². The Morgan fingerprint density at radius 3 is 2.45 bits per heavy atom. The van der Waals surface area contributed by atoms with E-state index in [1.807, 2.05) is 44.2 Å². The topological polar surface area (TPSA) is 29.6 Å². The second kappa shape index (κ2) is 4.39. The Hall–Kier alpha value is -1.22. The second-order valence-corrected chi connectivity index (χ2v) is 6.65. The molecule has 1 heterocycles. The molecule has 1 saturated heterocycles. The molecule has 5 atom stereocenters. The molecule has 2 aliphatic rings. The molecule has 0 amide bonds. The van der Waals surface area contributed by atoms with Gasteiger partial charge in [0.1, 0.15) is 6.17 Å². The zero-order valence-corrected chi connectivity index (χ0v) is 12.2. The van der Waals surface area contributed by atoms with E-state index in [4.69, 9.17) is 4.74 Å². The smallest absolute Gasteiger partial charge is 0.166 e. The Morgan fingerprint density at radius 2 is 1.85 bits per heavy atom. The van der Waals surface area contributed by atoms with Crippen molar-refractivity contribution in [3.63, 3.8) is 0 Å². The molecule has 1 aromatic rings. The Kier molecular flexibility index (Phi) is 3.02. The van der Waals surface area contributed by atoms with Crippen LogP contribution in [0.5, 0.6) is 0 Å². The minimum atomic E-state index is -0.988. The molecule has 0 bridgehead atoms. The molecule has 3 rings (SSSR count). The van der Waals surface area contributed by atoms with Gasteiger partial charge in [-0.15, -0.1) is 0 Å². The summed E-state index contributed by atoms with van der Waals surface area (Å²) in [5.41, 5.74) is 0.176. The Bertz CT molecular complexity index is 527. The number of hydrogen-bond acceptors (Lipinski definition) is 2. The largest absolute Gasteiger partial charge is 0.363 e. The van der Waals surface area contributed by atoms with Gasteiger partial charge in [0.2, 0.25) is 0 Å². The van der Waals surface area contributed by atoms with Crippen LogP contribution >= 0.6 is 0 Å². The third-order valence-electron chi connectivity index (χ3n) is 5.26. The summed E-state index contributed by atoms with van der Waals surface area (Å²) in [6.07, 6.45) is 0.263. The summed E-state index contributed by atoms with van der Waals surface area (Å²) in [5.74, 6) is -0.472. The zero-order chi connectivity index (χ0) is 14.5. The molecule has 20 heavy (non-hydrogen) atoms. The van der Waals surface area contributed by atoms with E-state index in [0.29, 0.717) is 18.4 Å². The summed E-state index contributed by atoms with van der Waals surface area (Å²) >= 11 is 0. The number of carbonyl (C=O) groups excluding carboxylic acids is 1. The van der Waals surface area contributed by atoms with Crippen molar-refractivity contribution in [2.24, 2.45) is 11.8 Å². The first-order chi connectivity index (χ1) is 9.36. The first-order valence-electron chi connectivity index (χ1n) is 7.30. The molecule has 1 aliphatic heterocycles. The first-order valence-corrected chi connectivity index (χ1v) is 7.30. The summed E-state index contributed by atoms with van der Waals surface area (Å²) < 4.78 is 19.8. The van der Waals surface area contributed by atoms with Crippen molar-refractivity contribution >= 4 is 5.78 Å². The van der Waals surface area contributed by atoms with E-state index in [0.717, 1.165) is 0 Å². The lowest BCUT2D eigenvalue weighted by Gasteiger charge is -2.35. The highest BCUT2D eigenvalue weighted by Gasteiger charge is 2.68. The second-order valence-electron chi connectivity index (χ2n) is 6.65. The van der Waals surface area contributed by atoms with Gasteiger partial charge in [-0.25, -0.2) is 4.39 Å². The van der Waals surface area contributed by atoms with Crippen LogP contribution in [0.2, 0.25) is 0 Å². The van der Waals surface area contributed by atoms with Crippen LogP contribution in [-0.4, -0.2) is 23.2 Å². The molecule has 2 fully saturated rings. The fraction of sp³-hybridized carbons (Fsp3) is 0.588. The van der Waals surface area contributed by atoms with E-state index in [-0.39, 0.29) is 28.8 Å². The Balaban J connectivity index is 1.88. The summed E-state index contributed by atoms with van der Waals surface area (Å²) in [6, 6.07) is 9.21. The highest BCUT2D eigenvalue weighted by Crippen LogP contribution is 2.61. The molecule has 0 N–H and O–H groups in total. The summed E-state index contributed by atoms with van der Waals surface area (Å²) in [6.45, 7) is 5.63. The fourth-order valence-electron chi connectivity index (χ4n) is 3.74. The van der Waals surface area contributed by atoms with Gasteiger partial charge in [0, 0.05) is 17.4 Å². The van der Waals surface area contributed by atoms with E-state index < -0.39 is 6.17 Å². The van der Waals surface area contributed by atoms with Crippen molar-refractivity contribution in [2.75, 3.05) is 0 Å². The SMILES string of the molecule is C[C@@H](F)[C@H]1C[C@@]2(C)O[C@@]2(C)C[C@@H]1C(=O)c1ccccc1.